The Bertz CT molecular complexity index is 442. The molecule has 0 aliphatic heterocycles. The van der Waals surface area contributed by atoms with Crippen molar-refractivity contribution in [3.05, 3.63) is 35.4 Å². The Balaban J connectivity index is 2.37. The maximum absolute atomic E-state index is 14.1. The van der Waals surface area contributed by atoms with Crippen LogP contribution in [0.25, 0.3) is 0 Å². The van der Waals surface area contributed by atoms with Crippen molar-refractivity contribution < 1.29 is 13.5 Å². The second kappa shape index (κ2) is 6.61. The minimum Gasteiger partial charge on any atom is -0.373 e. The maximum Gasteiger partial charge on any atom is 0.131 e. The lowest BCUT2D eigenvalue weighted by Gasteiger charge is -2.43. The van der Waals surface area contributed by atoms with Gasteiger partial charge in [0.25, 0.3) is 0 Å². The lowest BCUT2D eigenvalue weighted by atomic mass is 9.76. The molecule has 0 saturated heterocycles. The minimum atomic E-state index is -0.587. The monoisotopic (exact) mass is 284 g/mol. The van der Waals surface area contributed by atoms with Crippen LogP contribution in [0.4, 0.5) is 8.78 Å². The van der Waals surface area contributed by atoms with Gasteiger partial charge in [0.2, 0.25) is 0 Å². The SMILES string of the molecule is CCOC1(C(NN)c2ccc(F)cc2F)CCCCC1. The van der Waals surface area contributed by atoms with Crippen LogP contribution in [0.15, 0.2) is 18.2 Å². The van der Waals surface area contributed by atoms with E-state index in [1.165, 1.54) is 12.1 Å². The molecular formula is C15H22F2N2O. The molecule has 0 bridgehead atoms. The van der Waals surface area contributed by atoms with E-state index in [-0.39, 0.29) is 0 Å². The highest BCUT2D eigenvalue weighted by atomic mass is 19.1. The zero-order valence-electron chi connectivity index (χ0n) is 11.8. The molecule has 20 heavy (non-hydrogen) atoms. The van der Waals surface area contributed by atoms with Crippen molar-refractivity contribution in [2.45, 2.75) is 50.7 Å². The van der Waals surface area contributed by atoms with E-state index < -0.39 is 23.3 Å². The van der Waals surface area contributed by atoms with E-state index in [1.54, 1.807) is 0 Å². The lowest BCUT2D eigenvalue weighted by Crippen LogP contribution is -2.50. The number of hydrazine groups is 1. The molecule has 3 nitrogen and oxygen atoms in total. The number of nitrogens with two attached hydrogens (primary N) is 1. The van der Waals surface area contributed by atoms with Crippen LogP contribution in [-0.4, -0.2) is 12.2 Å². The van der Waals surface area contributed by atoms with E-state index in [2.05, 4.69) is 5.43 Å². The third-order valence-electron chi connectivity index (χ3n) is 4.10. The third-order valence-corrected chi connectivity index (χ3v) is 4.10. The first kappa shape index (κ1) is 15.4. The summed E-state index contributed by atoms with van der Waals surface area (Å²) in [6, 6.07) is 3.13. The molecule has 0 heterocycles. The predicted molar refractivity (Wildman–Crippen MR) is 73.9 cm³/mol. The molecule has 3 N–H and O–H groups in total. The van der Waals surface area contributed by atoms with Crippen molar-refractivity contribution in [2.75, 3.05) is 6.61 Å². The summed E-state index contributed by atoms with van der Waals surface area (Å²) in [6.45, 7) is 2.46. The quantitative estimate of drug-likeness (QED) is 0.645. The van der Waals surface area contributed by atoms with Gasteiger partial charge in [-0.2, -0.15) is 0 Å². The maximum atomic E-state index is 14.1. The lowest BCUT2D eigenvalue weighted by molar-refractivity contribution is -0.0920. The van der Waals surface area contributed by atoms with Gasteiger partial charge in [-0.1, -0.05) is 25.3 Å². The van der Waals surface area contributed by atoms with Crippen LogP contribution in [-0.2, 0) is 4.74 Å². The van der Waals surface area contributed by atoms with Crippen LogP contribution in [0.1, 0.15) is 50.6 Å². The second-order valence-electron chi connectivity index (χ2n) is 5.32. The van der Waals surface area contributed by atoms with Crippen LogP contribution >= 0.6 is 0 Å². The van der Waals surface area contributed by atoms with Crippen LogP contribution in [0.5, 0.6) is 0 Å². The zero-order chi connectivity index (χ0) is 14.6. The van der Waals surface area contributed by atoms with Crippen molar-refractivity contribution >= 4 is 0 Å². The average molecular weight is 284 g/mol. The molecule has 112 valence electrons. The first-order valence-electron chi connectivity index (χ1n) is 7.18. The van der Waals surface area contributed by atoms with Gasteiger partial charge in [0, 0.05) is 18.2 Å². The largest absolute Gasteiger partial charge is 0.373 e. The van der Waals surface area contributed by atoms with Crippen LogP contribution in [0, 0.1) is 11.6 Å². The van der Waals surface area contributed by atoms with Crippen molar-refractivity contribution in [3.8, 4) is 0 Å². The summed E-state index contributed by atoms with van der Waals surface area (Å²) in [5.41, 5.74) is 2.54. The fourth-order valence-electron chi connectivity index (χ4n) is 3.21. The highest BCUT2D eigenvalue weighted by Gasteiger charge is 2.42. The van der Waals surface area contributed by atoms with Gasteiger partial charge >= 0.3 is 0 Å². The van der Waals surface area contributed by atoms with Gasteiger partial charge in [0.15, 0.2) is 0 Å². The summed E-state index contributed by atoms with van der Waals surface area (Å²) in [6.07, 6.45) is 4.86. The predicted octanol–water partition coefficient (Wildman–Crippen LogP) is 3.21. The summed E-state index contributed by atoms with van der Waals surface area (Å²) >= 11 is 0. The molecule has 0 radical (unpaired) electrons. The Morgan fingerprint density at radius 2 is 2.00 bits per heavy atom. The van der Waals surface area contributed by atoms with Crippen molar-refractivity contribution in [1.29, 1.82) is 0 Å². The molecule has 5 heteroatoms. The molecule has 1 aliphatic carbocycles. The summed E-state index contributed by atoms with van der Waals surface area (Å²) in [5, 5.41) is 0. The number of hydrogen-bond acceptors (Lipinski definition) is 3. The number of nitrogens with one attached hydrogen (secondary N) is 1. The van der Waals surface area contributed by atoms with Crippen molar-refractivity contribution in [3.63, 3.8) is 0 Å². The van der Waals surface area contributed by atoms with E-state index in [9.17, 15) is 8.78 Å². The molecular weight excluding hydrogens is 262 g/mol. The van der Waals surface area contributed by atoms with Gasteiger partial charge in [-0.3, -0.25) is 5.84 Å². The molecule has 0 amide bonds. The average Bonchev–Trinajstić information content (AvgIpc) is 2.43. The molecule has 0 aromatic heterocycles. The Labute approximate surface area is 118 Å². The topological polar surface area (TPSA) is 47.3 Å². The summed E-state index contributed by atoms with van der Waals surface area (Å²) < 4.78 is 33.1. The number of rotatable bonds is 5. The van der Waals surface area contributed by atoms with E-state index in [4.69, 9.17) is 10.6 Å². The van der Waals surface area contributed by atoms with Gasteiger partial charge in [-0.25, -0.2) is 14.2 Å². The normalized spacial score (nSPS) is 19.8. The van der Waals surface area contributed by atoms with Crippen LogP contribution in [0.3, 0.4) is 0 Å². The fraction of sp³-hybridized carbons (Fsp3) is 0.600. The number of halogens is 2. The van der Waals surface area contributed by atoms with Gasteiger partial charge in [-0.05, 0) is 25.8 Å². The molecule has 1 aromatic carbocycles. The molecule has 1 unspecified atom stereocenters. The highest BCUT2D eigenvalue weighted by molar-refractivity contribution is 5.25. The Kier molecular flexibility index (Phi) is 5.07. The third kappa shape index (κ3) is 3.00. The molecule has 1 aromatic rings. The Hall–Kier alpha value is -1.04. The first-order chi connectivity index (χ1) is 9.63. The molecule has 1 atom stereocenters. The second-order valence-corrected chi connectivity index (χ2v) is 5.32. The van der Waals surface area contributed by atoms with Gasteiger partial charge in [0.05, 0.1) is 11.6 Å². The molecule has 0 spiro atoms. The Morgan fingerprint density at radius 3 is 2.55 bits per heavy atom. The summed E-state index contributed by atoms with van der Waals surface area (Å²) in [5.74, 6) is 4.50. The van der Waals surface area contributed by atoms with Crippen LogP contribution in [0.2, 0.25) is 0 Å². The number of benzene rings is 1. The first-order valence-corrected chi connectivity index (χ1v) is 7.18. The van der Waals surface area contributed by atoms with E-state index in [0.717, 1.165) is 38.2 Å². The van der Waals surface area contributed by atoms with Gasteiger partial charge < -0.3 is 4.74 Å². The highest BCUT2D eigenvalue weighted by Crippen LogP contribution is 2.41. The number of ether oxygens (including phenoxy) is 1. The van der Waals surface area contributed by atoms with E-state index in [0.29, 0.717) is 12.2 Å². The van der Waals surface area contributed by atoms with E-state index in [1.807, 2.05) is 6.92 Å². The molecule has 2 rings (SSSR count). The molecule has 1 aliphatic rings. The number of hydrogen-bond donors (Lipinski definition) is 2. The van der Waals surface area contributed by atoms with Gasteiger partial charge in [0.1, 0.15) is 11.6 Å². The van der Waals surface area contributed by atoms with Crippen molar-refractivity contribution in [2.24, 2.45) is 5.84 Å². The molecule has 1 fully saturated rings. The summed E-state index contributed by atoms with van der Waals surface area (Å²) in [4.78, 5) is 0. The standard InChI is InChI=1S/C15H22F2N2O/c1-2-20-15(8-4-3-5-9-15)14(19-18)12-7-6-11(16)10-13(12)17/h6-7,10,14,19H,2-5,8-9,18H2,1H3. The molecule has 1 saturated carbocycles. The fourth-order valence-corrected chi connectivity index (χ4v) is 3.21. The smallest absolute Gasteiger partial charge is 0.131 e. The van der Waals surface area contributed by atoms with Gasteiger partial charge in [-0.15, -0.1) is 0 Å². The minimum absolute atomic E-state index is 0.365. The van der Waals surface area contributed by atoms with Crippen LogP contribution < -0.4 is 11.3 Å². The van der Waals surface area contributed by atoms with E-state index >= 15 is 0 Å². The summed E-state index contributed by atoms with van der Waals surface area (Å²) in [7, 11) is 0. The zero-order valence-corrected chi connectivity index (χ0v) is 11.8. The Morgan fingerprint density at radius 1 is 1.30 bits per heavy atom. The van der Waals surface area contributed by atoms with Crippen molar-refractivity contribution in [1.82, 2.24) is 5.43 Å².